The predicted octanol–water partition coefficient (Wildman–Crippen LogP) is 5.35. The zero-order valence-corrected chi connectivity index (χ0v) is 14.0. The van der Waals surface area contributed by atoms with E-state index in [2.05, 4.69) is 86.6 Å². The van der Waals surface area contributed by atoms with Gasteiger partial charge in [0.15, 0.2) is 0 Å². The minimum Gasteiger partial charge on any atom is -0.168 e. The fourth-order valence-electron chi connectivity index (χ4n) is 2.61. The Hall–Kier alpha value is -1.57. The van der Waals surface area contributed by atoms with Crippen LogP contribution in [0.2, 0.25) is 0 Å². The van der Waals surface area contributed by atoms with Crippen molar-refractivity contribution in [2.75, 3.05) is 0 Å². The van der Waals surface area contributed by atoms with Crippen LogP contribution in [0.15, 0.2) is 72.8 Å². The van der Waals surface area contributed by atoms with Gasteiger partial charge in [0.1, 0.15) is 0 Å². The molecule has 0 unspecified atom stereocenters. The number of rotatable bonds is 0. The quantitative estimate of drug-likeness (QED) is 0.301. The van der Waals surface area contributed by atoms with Crippen molar-refractivity contribution in [2.24, 2.45) is 0 Å². The smallest absolute Gasteiger partial charge is 0.168 e. The minimum absolute atomic E-state index is 0. The first-order valence-corrected chi connectivity index (χ1v) is 6.98. The van der Waals surface area contributed by atoms with Crippen molar-refractivity contribution in [3.63, 3.8) is 0 Å². The average molecular weight is 283 g/mol. The van der Waals surface area contributed by atoms with Crippen LogP contribution in [0.1, 0.15) is 11.1 Å². The summed E-state index contributed by atoms with van der Waals surface area (Å²) in [6.07, 6.45) is 0. The van der Waals surface area contributed by atoms with E-state index in [1.54, 1.807) is 0 Å². The summed E-state index contributed by atoms with van der Waals surface area (Å²) >= 11 is 0. The Labute approximate surface area is 142 Å². The van der Waals surface area contributed by atoms with E-state index < -0.39 is 0 Å². The first-order chi connectivity index (χ1) is 9.75. The van der Waals surface area contributed by atoms with Gasteiger partial charge < -0.3 is 0 Å². The largest absolute Gasteiger partial charge is 2.00 e. The average Bonchev–Trinajstić information content (AvgIpc) is 3.05. The molecule has 4 aromatic rings. The molecule has 0 saturated heterocycles. The van der Waals surface area contributed by atoms with Gasteiger partial charge in [-0.15, -0.1) is 69.1 Å². The Morgan fingerprint density at radius 1 is 0.571 bits per heavy atom. The molecular formula is C20H18Mg. The van der Waals surface area contributed by atoms with Crippen LogP contribution in [0.3, 0.4) is 0 Å². The van der Waals surface area contributed by atoms with E-state index in [1.165, 1.54) is 32.7 Å². The van der Waals surface area contributed by atoms with Gasteiger partial charge in [0.05, 0.1) is 0 Å². The van der Waals surface area contributed by atoms with E-state index in [0.717, 1.165) is 0 Å². The van der Waals surface area contributed by atoms with E-state index in [9.17, 15) is 0 Å². The summed E-state index contributed by atoms with van der Waals surface area (Å²) in [5.74, 6) is 0. The van der Waals surface area contributed by atoms with Crippen molar-refractivity contribution >= 4 is 44.6 Å². The van der Waals surface area contributed by atoms with Crippen molar-refractivity contribution in [1.82, 2.24) is 0 Å². The maximum atomic E-state index is 2.16. The van der Waals surface area contributed by atoms with E-state index >= 15 is 0 Å². The number of hydrogen-bond acceptors (Lipinski definition) is 0. The molecule has 0 aliphatic carbocycles. The zero-order valence-electron chi connectivity index (χ0n) is 12.6. The first kappa shape index (κ1) is 15.8. The normalized spacial score (nSPS) is 10.0. The summed E-state index contributed by atoms with van der Waals surface area (Å²) in [6, 6.07) is 25.5. The molecule has 4 aromatic carbocycles. The minimum atomic E-state index is 0. The third-order valence-electron chi connectivity index (χ3n) is 3.80. The van der Waals surface area contributed by atoms with Gasteiger partial charge in [-0.05, 0) is 0 Å². The molecule has 0 aromatic heterocycles. The molecule has 0 atom stereocenters. The monoisotopic (exact) mass is 282 g/mol. The Morgan fingerprint density at radius 3 is 1.33 bits per heavy atom. The van der Waals surface area contributed by atoms with Crippen LogP contribution in [0.4, 0.5) is 0 Å². The van der Waals surface area contributed by atoms with Crippen molar-refractivity contribution in [1.29, 1.82) is 0 Å². The van der Waals surface area contributed by atoms with Crippen LogP contribution in [-0.4, -0.2) is 23.1 Å². The van der Waals surface area contributed by atoms with Crippen LogP contribution in [0, 0.1) is 13.8 Å². The summed E-state index contributed by atoms with van der Waals surface area (Å²) in [6.45, 7) is 4.28. The molecular weight excluding hydrogens is 265 g/mol. The van der Waals surface area contributed by atoms with Gasteiger partial charge in [-0.1, -0.05) is 26.0 Å². The van der Waals surface area contributed by atoms with Crippen molar-refractivity contribution < 1.29 is 0 Å². The molecule has 0 aliphatic heterocycles. The molecule has 0 spiro atoms. The Kier molecular flexibility index (Phi) is 5.21. The van der Waals surface area contributed by atoms with Crippen LogP contribution < -0.4 is 0 Å². The van der Waals surface area contributed by atoms with Crippen molar-refractivity contribution in [3.05, 3.63) is 83.9 Å². The molecule has 0 N–H and O–H groups in total. The SMILES string of the molecule is C[c-]1ccc2ccccc21.C[c-]1ccc2ccccc21.[Mg+2]. The molecule has 0 saturated carbocycles. The van der Waals surface area contributed by atoms with E-state index in [4.69, 9.17) is 0 Å². The van der Waals surface area contributed by atoms with Crippen LogP contribution >= 0.6 is 0 Å². The predicted molar refractivity (Wildman–Crippen MR) is 94.3 cm³/mol. The molecule has 0 fully saturated rings. The third kappa shape index (κ3) is 3.37. The molecule has 21 heavy (non-hydrogen) atoms. The molecule has 0 amide bonds. The molecule has 0 nitrogen and oxygen atoms in total. The van der Waals surface area contributed by atoms with Crippen molar-refractivity contribution in [3.8, 4) is 0 Å². The number of aryl methyl sites for hydroxylation is 2. The number of hydrogen-bond donors (Lipinski definition) is 0. The maximum absolute atomic E-state index is 2.16. The summed E-state index contributed by atoms with van der Waals surface area (Å²) in [5.41, 5.74) is 2.74. The van der Waals surface area contributed by atoms with E-state index in [-0.39, 0.29) is 23.1 Å². The third-order valence-corrected chi connectivity index (χ3v) is 3.80. The molecule has 4 rings (SSSR count). The van der Waals surface area contributed by atoms with Gasteiger partial charge in [-0.2, -0.15) is 24.3 Å². The second-order valence-electron chi connectivity index (χ2n) is 5.21. The van der Waals surface area contributed by atoms with Gasteiger partial charge in [-0.25, -0.2) is 0 Å². The van der Waals surface area contributed by atoms with Gasteiger partial charge in [0.25, 0.3) is 0 Å². The summed E-state index contributed by atoms with van der Waals surface area (Å²) in [4.78, 5) is 0. The first-order valence-electron chi connectivity index (χ1n) is 6.98. The fraction of sp³-hybridized carbons (Fsp3) is 0.100. The van der Waals surface area contributed by atoms with Gasteiger partial charge in [0, 0.05) is 0 Å². The Balaban J connectivity index is 0.000000147. The second kappa shape index (κ2) is 6.92. The second-order valence-corrected chi connectivity index (χ2v) is 5.21. The molecule has 0 bridgehead atoms. The van der Waals surface area contributed by atoms with Gasteiger partial charge in [-0.3, -0.25) is 0 Å². The number of fused-ring (bicyclic) bond motifs is 2. The van der Waals surface area contributed by atoms with Crippen LogP contribution in [0.5, 0.6) is 0 Å². The van der Waals surface area contributed by atoms with Gasteiger partial charge >= 0.3 is 23.1 Å². The van der Waals surface area contributed by atoms with Crippen LogP contribution in [0.25, 0.3) is 21.5 Å². The molecule has 0 radical (unpaired) electrons. The standard InChI is InChI=1S/2C10H9.Mg/c2*1-8-6-7-9-4-2-3-5-10(8)9;/h2*2-7H,1H3;/q2*-1;+2. The molecule has 0 heterocycles. The molecule has 100 valence electrons. The fourth-order valence-corrected chi connectivity index (χ4v) is 2.61. The Bertz CT molecular complexity index is 761. The zero-order chi connectivity index (χ0) is 13.9. The Morgan fingerprint density at radius 2 is 0.952 bits per heavy atom. The molecule has 1 heteroatoms. The van der Waals surface area contributed by atoms with Crippen molar-refractivity contribution in [2.45, 2.75) is 13.8 Å². The summed E-state index contributed by atoms with van der Waals surface area (Å²) in [5, 5.41) is 5.45. The molecule has 0 aliphatic rings. The maximum Gasteiger partial charge on any atom is 2.00 e. The number of benzene rings is 2. The van der Waals surface area contributed by atoms with Gasteiger partial charge in [0.2, 0.25) is 0 Å². The van der Waals surface area contributed by atoms with E-state index in [0.29, 0.717) is 0 Å². The summed E-state index contributed by atoms with van der Waals surface area (Å²) in [7, 11) is 0. The summed E-state index contributed by atoms with van der Waals surface area (Å²) < 4.78 is 0. The van der Waals surface area contributed by atoms with Crippen LogP contribution in [-0.2, 0) is 0 Å². The van der Waals surface area contributed by atoms with E-state index in [1.807, 2.05) is 0 Å². The topological polar surface area (TPSA) is 0 Å².